The average molecular weight is 378 g/mol. The number of rotatable bonds is 8. The first kappa shape index (κ1) is 19.3. The fourth-order valence-electron chi connectivity index (χ4n) is 2.45. The smallest absolute Gasteiger partial charge is 0.323 e. The molecular formula is C22H22N2O4. The Kier molecular flexibility index (Phi) is 6.87. The van der Waals surface area contributed by atoms with Crippen LogP contribution >= 0.6 is 0 Å². The van der Waals surface area contributed by atoms with Gasteiger partial charge in [-0.25, -0.2) is 4.79 Å². The summed E-state index contributed by atoms with van der Waals surface area (Å²) < 4.78 is 16.7. The van der Waals surface area contributed by atoms with Crippen molar-refractivity contribution in [2.75, 3.05) is 31.0 Å². The third-order valence-electron chi connectivity index (χ3n) is 3.75. The van der Waals surface area contributed by atoms with Crippen LogP contribution in [0.4, 0.5) is 16.2 Å². The Hall–Kier alpha value is -3.51. The fourth-order valence-corrected chi connectivity index (χ4v) is 2.45. The summed E-state index contributed by atoms with van der Waals surface area (Å²) in [5.74, 6) is 1.76. The predicted molar refractivity (Wildman–Crippen MR) is 109 cm³/mol. The van der Waals surface area contributed by atoms with Crippen molar-refractivity contribution in [2.45, 2.75) is 0 Å². The number of amides is 2. The van der Waals surface area contributed by atoms with Gasteiger partial charge in [0.2, 0.25) is 0 Å². The van der Waals surface area contributed by atoms with E-state index in [9.17, 15) is 4.79 Å². The van der Waals surface area contributed by atoms with Crippen molar-refractivity contribution in [1.82, 2.24) is 0 Å². The topological polar surface area (TPSA) is 68.8 Å². The zero-order chi connectivity index (χ0) is 19.6. The summed E-state index contributed by atoms with van der Waals surface area (Å²) in [4.78, 5) is 12.2. The molecule has 0 unspecified atom stereocenters. The molecule has 0 saturated carbocycles. The molecule has 3 aromatic rings. The molecule has 6 nitrogen and oxygen atoms in total. The number of benzene rings is 3. The maximum Gasteiger partial charge on any atom is 0.323 e. The van der Waals surface area contributed by atoms with Crippen molar-refractivity contribution in [1.29, 1.82) is 0 Å². The molecule has 0 aliphatic rings. The van der Waals surface area contributed by atoms with Crippen LogP contribution in [0.1, 0.15) is 0 Å². The highest BCUT2D eigenvalue weighted by Crippen LogP contribution is 2.34. The quantitative estimate of drug-likeness (QED) is 0.532. The first-order valence-corrected chi connectivity index (χ1v) is 8.86. The fraction of sp³-hybridized carbons (Fsp3) is 0.136. The SMILES string of the molecule is COCCOc1cc(NC(=O)Nc2ccccc2)ccc1Oc1ccccc1. The van der Waals surface area contributed by atoms with Crippen molar-refractivity contribution < 1.29 is 19.0 Å². The lowest BCUT2D eigenvalue weighted by Crippen LogP contribution is -2.19. The number of methoxy groups -OCH3 is 1. The Morgan fingerprint density at radius 3 is 2.18 bits per heavy atom. The highest BCUT2D eigenvalue weighted by Gasteiger charge is 2.10. The van der Waals surface area contributed by atoms with E-state index in [1.165, 1.54) is 0 Å². The van der Waals surface area contributed by atoms with Gasteiger partial charge in [0.25, 0.3) is 0 Å². The molecule has 0 heterocycles. The Bertz CT molecular complexity index is 886. The summed E-state index contributed by atoms with van der Waals surface area (Å²) in [5.41, 5.74) is 1.29. The zero-order valence-electron chi connectivity index (χ0n) is 15.6. The minimum Gasteiger partial charge on any atom is -0.487 e. The minimum atomic E-state index is -0.342. The number of para-hydroxylation sites is 2. The largest absolute Gasteiger partial charge is 0.487 e. The van der Waals surface area contributed by atoms with E-state index in [0.717, 1.165) is 0 Å². The summed E-state index contributed by atoms with van der Waals surface area (Å²) in [6.45, 7) is 0.804. The Morgan fingerprint density at radius 1 is 0.786 bits per heavy atom. The van der Waals surface area contributed by atoms with E-state index in [-0.39, 0.29) is 6.03 Å². The maximum atomic E-state index is 12.2. The van der Waals surface area contributed by atoms with E-state index in [1.54, 1.807) is 25.3 Å². The van der Waals surface area contributed by atoms with E-state index in [0.29, 0.717) is 41.8 Å². The number of carbonyl (C=O) groups is 1. The Morgan fingerprint density at radius 2 is 1.46 bits per heavy atom. The molecule has 28 heavy (non-hydrogen) atoms. The van der Waals surface area contributed by atoms with E-state index in [1.807, 2.05) is 60.7 Å². The molecule has 3 aromatic carbocycles. The molecule has 0 fully saturated rings. The molecule has 3 rings (SSSR count). The molecule has 144 valence electrons. The van der Waals surface area contributed by atoms with Crippen LogP contribution in [0, 0.1) is 0 Å². The first-order chi connectivity index (χ1) is 13.7. The van der Waals surface area contributed by atoms with Crippen LogP contribution in [0.2, 0.25) is 0 Å². The molecule has 6 heteroatoms. The van der Waals surface area contributed by atoms with Gasteiger partial charge in [0, 0.05) is 24.6 Å². The van der Waals surface area contributed by atoms with Crippen LogP contribution in [-0.4, -0.2) is 26.4 Å². The third kappa shape index (κ3) is 5.75. The summed E-state index contributed by atoms with van der Waals surface area (Å²) in [6, 6.07) is 23.5. The van der Waals surface area contributed by atoms with Crippen molar-refractivity contribution in [3.8, 4) is 17.2 Å². The van der Waals surface area contributed by atoms with Crippen LogP contribution < -0.4 is 20.1 Å². The van der Waals surface area contributed by atoms with Gasteiger partial charge in [-0.15, -0.1) is 0 Å². The second kappa shape index (κ2) is 9.99. The number of carbonyl (C=O) groups excluding carboxylic acids is 1. The summed E-state index contributed by atoms with van der Waals surface area (Å²) in [5, 5.41) is 5.57. The van der Waals surface area contributed by atoms with Crippen LogP contribution in [0.5, 0.6) is 17.2 Å². The van der Waals surface area contributed by atoms with Gasteiger partial charge in [-0.3, -0.25) is 0 Å². The van der Waals surface area contributed by atoms with Crippen LogP contribution in [0.3, 0.4) is 0 Å². The molecule has 2 amide bonds. The van der Waals surface area contributed by atoms with Crippen molar-refractivity contribution >= 4 is 17.4 Å². The second-order valence-corrected chi connectivity index (χ2v) is 5.86. The van der Waals surface area contributed by atoms with Gasteiger partial charge in [0.15, 0.2) is 11.5 Å². The van der Waals surface area contributed by atoms with E-state index < -0.39 is 0 Å². The molecular weight excluding hydrogens is 356 g/mol. The molecule has 0 aromatic heterocycles. The highest BCUT2D eigenvalue weighted by atomic mass is 16.5. The summed E-state index contributed by atoms with van der Waals surface area (Å²) in [6.07, 6.45) is 0. The lowest BCUT2D eigenvalue weighted by Gasteiger charge is -2.14. The summed E-state index contributed by atoms with van der Waals surface area (Å²) in [7, 11) is 1.61. The monoisotopic (exact) mass is 378 g/mol. The lowest BCUT2D eigenvalue weighted by atomic mass is 10.2. The maximum absolute atomic E-state index is 12.2. The van der Waals surface area contributed by atoms with Crippen molar-refractivity contribution in [3.63, 3.8) is 0 Å². The van der Waals surface area contributed by atoms with E-state index >= 15 is 0 Å². The zero-order valence-corrected chi connectivity index (χ0v) is 15.6. The van der Waals surface area contributed by atoms with Gasteiger partial charge in [-0.2, -0.15) is 0 Å². The van der Waals surface area contributed by atoms with Crippen LogP contribution in [0.15, 0.2) is 78.9 Å². The molecule has 0 spiro atoms. The van der Waals surface area contributed by atoms with Gasteiger partial charge < -0.3 is 24.8 Å². The minimum absolute atomic E-state index is 0.342. The number of anilines is 2. The Balaban J connectivity index is 1.72. The molecule has 0 atom stereocenters. The third-order valence-corrected chi connectivity index (χ3v) is 3.75. The van der Waals surface area contributed by atoms with Crippen molar-refractivity contribution in [3.05, 3.63) is 78.9 Å². The number of ether oxygens (including phenoxy) is 3. The van der Waals surface area contributed by atoms with Gasteiger partial charge in [-0.1, -0.05) is 36.4 Å². The number of urea groups is 1. The number of hydrogen-bond acceptors (Lipinski definition) is 4. The van der Waals surface area contributed by atoms with Gasteiger partial charge >= 0.3 is 6.03 Å². The first-order valence-electron chi connectivity index (χ1n) is 8.86. The van der Waals surface area contributed by atoms with Gasteiger partial charge in [-0.05, 0) is 36.4 Å². The molecule has 0 radical (unpaired) electrons. The highest BCUT2D eigenvalue weighted by molar-refractivity contribution is 5.99. The molecule has 0 bridgehead atoms. The molecule has 2 N–H and O–H groups in total. The van der Waals surface area contributed by atoms with Gasteiger partial charge in [0.1, 0.15) is 12.4 Å². The standard InChI is InChI=1S/C22H22N2O4/c1-26-14-15-27-21-16-18(24-22(25)23-17-8-4-2-5-9-17)12-13-20(21)28-19-10-6-3-7-11-19/h2-13,16H,14-15H2,1H3,(H2,23,24,25). The summed E-state index contributed by atoms with van der Waals surface area (Å²) >= 11 is 0. The normalized spacial score (nSPS) is 10.2. The Labute approximate surface area is 164 Å². The molecule has 0 aliphatic heterocycles. The average Bonchev–Trinajstić information content (AvgIpc) is 2.71. The lowest BCUT2D eigenvalue weighted by molar-refractivity contribution is 0.144. The van der Waals surface area contributed by atoms with Crippen LogP contribution in [0.25, 0.3) is 0 Å². The second-order valence-electron chi connectivity index (χ2n) is 5.86. The molecule has 0 aliphatic carbocycles. The van der Waals surface area contributed by atoms with Crippen LogP contribution in [-0.2, 0) is 4.74 Å². The van der Waals surface area contributed by atoms with Crippen molar-refractivity contribution in [2.24, 2.45) is 0 Å². The number of nitrogens with one attached hydrogen (secondary N) is 2. The van der Waals surface area contributed by atoms with E-state index in [4.69, 9.17) is 14.2 Å². The van der Waals surface area contributed by atoms with E-state index in [2.05, 4.69) is 10.6 Å². The molecule has 0 saturated heterocycles. The predicted octanol–water partition coefficient (Wildman–Crippen LogP) is 5.15. The van der Waals surface area contributed by atoms with Gasteiger partial charge in [0.05, 0.1) is 6.61 Å². The number of hydrogen-bond donors (Lipinski definition) is 2.